The minimum absolute atomic E-state index is 0.182. The van der Waals surface area contributed by atoms with Gasteiger partial charge in [0.25, 0.3) is 0 Å². The molecule has 0 spiro atoms. The van der Waals surface area contributed by atoms with Crippen LogP contribution >= 0.6 is 0 Å². The van der Waals surface area contributed by atoms with Crippen molar-refractivity contribution in [2.24, 2.45) is 5.73 Å². The molecular weight excluding hydrogens is 302 g/mol. The van der Waals surface area contributed by atoms with E-state index in [-0.39, 0.29) is 5.78 Å². The van der Waals surface area contributed by atoms with Gasteiger partial charge in [0.1, 0.15) is 0 Å². The zero-order chi connectivity index (χ0) is 16.9. The number of rotatable bonds is 5. The van der Waals surface area contributed by atoms with Gasteiger partial charge < -0.3 is 16.0 Å². The Kier molecular flexibility index (Phi) is 5.11. The van der Waals surface area contributed by atoms with E-state index in [4.69, 9.17) is 5.73 Å². The number of anilines is 1. The van der Waals surface area contributed by atoms with Gasteiger partial charge in [0.15, 0.2) is 5.78 Å². The standard InChI is InChI=1S/C19H23N3O2/c20-19(24)21-17-7-6-14-12-16(5-4-15(14)13-17)18(23)8-11-22-9-2-1-3-10-22/h4-7,12-13H,1-3,8-11H2,(H3,20,21,24). The number of urea groups is 1. The third kappa shape index (κ3) is 4.11. The molecule has 0 radical (unpaired) electrons. The van der Waals surface area contributed by atoms with E-state index in [9.17, 15) is 9.59 Å². The molecule has 0 aliphatic carbocycles. The van der Waals surface area contributed by atoms with Crippen LogP contribution in [-0.2, 0) is 0 Å². The van der Waals surface area contributed by atoms with E-state index in [1.165, 1.54) is 19.3 Å². The number of hydrogen-bond donors (Lipinski definition) is 2. The smallest absolute Gasteiger partial charge is 0.316 e. The van der Waals surface area contributed by atoms with Gasteiger partial charge in [0.2, 0.25) is 0 Å². The molecule has 0 saturated carbocycles. The number of ketones is 1. The summed E-state index contributed by atoms with van der Waals surface area (Å²) in [5, 5.41) is 4.50. The van der Waals surface area contributed by atoms with E-state index in [0.29, 0.717) is 12.1 Å². The molecule has 5 heteroatoms. The number of fused-ring (bicyclic) bond motifs is 1. The van der Waals surface area contributed by atoms with Crippen molar-refractivity contribution in [1.82, 2.24) is 4.90 Å². The number of piperidine rings is 1. The van der Waals surface area contributed by atoms with Crippen molar-refractivity contribution in [2.75, 3.05) is 25.0 Å². The van der Waals surface area contributed by atoms with Gasteiger partial charge in [-0.05, 0) is 54.9 Å². The lowest BCUT2D eigenvalue weighted by Crippen LogP contribution is -2.31. The monoisotopic (exact) mass is 325 g/mol. The third-order valence-corrected chi connectivity index (χ3v) is 4.53. The van der Waals surface area contributed by atoms with Crippen LogP contribution in [0.3, 0.4) is 0 Å². The Morgan fingerprint density at radius 1 is 1.00 bits per heavy atom. The van der Waals surface area contributed by atoms with Crippen LogP contribution in [-0.4, -0.2) is 36.3 Å². The first-order valence-electron chi connectivity index (χ1n) is 8.48. The van der Waals surface area contributed by atoms with E-state index in [1.54, 1.807) is 6.07 Å². The predicted molar refractivity (Wildman–Crippen MR) is 96.4 cm³/mol. The number of nitrogens with two attached hydrogens (primary N) is 1. The van der Waals surface area contributed by atoms with Gasteiger partial charge in [-0.1, -0.05) is 24.6 Å². The molecule has 0 atom stereocenters. The highest BCUT2D eigenvalue weighted by molar-refractivity contribution is 6.01. The van der Waals surface area contributed by atoms with E-state index in [1.807, 2.05) is 30.3 Å². The molecule has 24 heavy (non-hydrogen) atoms. The maximum Gasteiger partial charge on any atom is 0.316 e. The molecule has 3 N–H and O–H groups in total. The molecule has 3 rings (SSSR count). The normalized spacial score (nSPS) is 15.3. The summed E-state index contributed by atoms with van der Waals surface area (Å²) in [4.78, 5) is 25.7. The zero-order valence-corrected chi connectivity index (χ0v) is 13.8. The molecule has 1 saturated heterocycles. The van der Waals surface area contributed by atoms with Crippen LogP contribution in [0.15, 0.2) is 36.4 Å². The number of likely N-dealkylation sites (tertiary alicyclic amines) is 1. The van der Waals surface area contributed by atoms with Crippen LogP contribution < -0.4 is 11.1 Å². The minimum atomic E-state index is -0.584. The first kappa shape index (κ1) is 16.5. The van der Waals surface area contributed by atoms with Crippen LogP contribution in [0.1, 0.15) is 36.0 Å². The third-order valence-electron chi connectivity index (χ3n) is 4.53. The molecule has 0 unspecified atom stereocenters. The SMILES string of the molecule is NC(=O)Nc1ccc2cc(C(=O)CCN3CCCCC3)ccc2c1. The van der Waals surface area contributed by atoms with E-state index < -0.39 is 6.03 Å². The fourth-order valence-corrected chi connectivity index (χ4v) is 3.23. The topological polar surface area (TPSA) is 75.4 Å². The van der Waals surface area contributed by atoms with Gasteiger partial charge in [-0.2, -0.15) is 0 Å². The van der Waals surface area contributed by atoms with Gasteiger partial charge in [-0.3, -0.25) is 4.79 Å². The fourth-order valence-electron chi connectivity index (χ4n) is 3.23. The summed E-state index contributed by atoms with van der Waals surface area (Å²) in [5.41, 5.74) is 6.53. The zero-order valence-electron chi connectivity index (χ0n) is 13.8. The predicted octanol–water partition coefficient (Wildman–Crippen LogP) is 3.39. The van der Waals surface area contributed by atoms with Gasteiger partial charge >= 0.3 is 6.03 Å². The van der Waals surface area contributed by atoms with Crippen molar-refractivity contribution in [2.45, 2.75) is 25.7 Å². The maximum absolute atomic E-state index is 12.4. The largest absolute Gasteiger partial charge is 0.351 e. The Bertz CT molecular complexity index is 751. The Morgan fingerprint density at radius 3 is 2.46 bits per heavy atom. The minimum Gasteiger partial charge on any atom is -0.351 e. The molecular formula is C19H23N3O2. The van der Waals surface area contributed by atoms with Crippen LogP contribution in [0.2, 0.25) is 0 Å². The molecule has 0 aromatic heterocycles. The highest BCUT2D eigenvalue weighted by Gasteiger charge is 2.13. The summed E-state index contributed by atoms with van der Waals surface area (Å²) < 4.78 is 0. The molecule has 1 aliphatic heterocycles. The van der Waals surface area contributed by atoms with Crippen LogP contribution in [0.25, 0.3) is 10.8 Å². The number of carbonyl (C=O) groups excluding carboxylic acids is 2. The Hall–Kier alpha value is -2.40. The summed E-state index contributed by atoms with van der Waals surface area (Å²) in [5.74, 6) is 0.182. The lowest BCUT2D eigenvalue weighted by Gasteiger charge is -2.25. The molecule has 5 nitrogen and oxygen atoms in total. The summed E-state index contributed by atoms with van der Waals surface area (Å²) >= 11 is 0. The molecule has 2 aromatic rings. The summed E-state index contributed by atoms with van der Waals surface area (Å²) in [6, 6.07) is 10.6. The first-order chi connectivity index (χ1) is 11.6. The van der Waals surface area contributed by atoms with Crippen molar-refractivity contribution in [3.05, 3.63) is 42.0 Å². The van der Waals surface area contributed by atoms with Crippen molar-refractivity contribution >= 4 is 28.3 Å². The molecule has 1 aliphatic rings. The Balaban J connectivity index is 1.67. The van der Waals surface area contributed by atoms with Crippen molar-refractivity contribution in [3.63, 3.8) is 0 Å². The first-order valence-corrected chi connectivity index (χ1v) is 8.48. The average molecular weight is 325 g/mol. The van der Waals surface area contributed by atoms with Crippen LogP contribution in [0.4, 0.5) is 10.5 Å². The molecule has 2 aromatic carbocycles. The highest BCUT2D eigenvalue weighted by atomic mass is 16.2. The lowest BCUT2D eigenvalue weighted by atomic mass is 10.0. The second kappa shape index (κ2) is 7.45. The fraction of sp³-hybridized carbons (Fsp3) is 0.368. The van der Waals surface area contributed by atoms with E-state index >= 15 is 0 Å². The number of primary amides is 1. The van der Waals surface area contributed by atoms with Gasteiger partial charge in [0, 0.05) is 24.2 Å². The van der Waals surface area contributed by atoms with E-state index in [0.717, 1.165) is 36.0 Å². The van der Waals surface area contributed by atoms with E-state index in [2.05, 4.69) is 10.2 Å². The van der Waals surface area contributed by atoms with Crippen molar-refractivity contribution in [1.29, 1.82) is 0 Å². The van der Waals surface area contributed by atoms with Gasteiger partial charge in [-0.15, -0.1) is 0 Å². The molecule has 1 fully saturated rings. The lowest BCUT2D eigenvalue weighted by molar-refractivity contribution is 0.0959. The number of amides is 2. The summed E-state index contributed by atoms with van der Waals surface area (Å²) in [7, 11) is 0. The number of hydrogen-bond acceptors (Lipinski definition) is 3. The number of benzene rings is 2. The Morgan fingerprint density at radius 2 is 1.71 bits per heavy atom. The second-order valence-electron chi connectivity index (χ2n) is 6.34. The summed E-state index contributed by atoms with van der Waals surface area (Å²) in [6.07, 6.45) is 4.35. The maximum atomic E-state index is 12.4. The number of carbonyl (C=O) groups is 2. The highest BCUT2D eigenvalue weighted by Crippen LogP contribution is 2.21. The number of Topliss-reactive ketones (excluding diaryl/α,β-unsaturated/α-hetero) is 1. The van der Waals surface area contributed by atoms with Crippen molar-refractivity contribution in [3.8, 4) is 0 Å². The van der Waals surface area contributed by atoms with Crippen LogP contribution in [0, 0.1) is 0 Å². The van der Waals surface area contributed by atoms with Crippen LogP contribution in [0.5, 0.6) is 0 Å². The summed E-state index contributed by atoms with van der Waals surface area (Å²) in [6.45, 7) is 3.07. The van der Waals surface area contributed by atoms with Crippen molar-refractivity contribution < 1.29 is 9.59 Å². The Labute approximate surface area is 141 Å². The average Bonchev–Trinajstić information content (AvgIpc) is 2.59. The second-order valence-corrected chi connectivity index (χ2v) is 6.34. The molecule has 0 bridgehead atoms. The molecule has 2 amide bonds. The quantitative estimate of drug-likeness (QED) is 0.827. The van der Waals surface area contributed by atoms with Gasteiger partial charge in [-0.25, -0.2) is 4.79 Å². The molecule has 1 heterocycles. The number of nitrogens with zero attached hydrogens (tertiary/aromatic N) is 1. The number of nitrogens with one attached hydrogen (secondary N) is 1. The molecule has 126 valence electrons. The van der Waals surface area contributed by atoms with Gasteiger partial charge in [0.05, 0.1) is 0 Å².